The average molecular weight is 445 g/mol. The molecule has 1 N–H and O–H groups in total. The number of hydrazone groups is 1. The molecule has 0 fully saturated rings. The third-order valence-corrected chi connectivity index (χ3v) is 5.07. The zero-order valence-corrected chi connectivity index (χ0v) is 18.7. The first-order valence-corrected chi connectivity index (χ1v) is 10.1. The van der Waals surface area contributed by atoms with E-state index >= 15 is 0 Å². The second kappa shape index (κ2) is 9.39. The lowest BCUT2D eigenvalue weighted by Crippen LogP contribution is -2.18. The maximum atomic E-state index is 12.9. The minimum atomic E-state index is -0.433. The zero-order chi connectivity index (χ0) is 23.4. The second-order valence-corrected chi connectivity index (χ2v) is 7.09. The number of benzene rings is 2. The highest BCUT2D eigenvalue weighted by molar-refractivity contribution is 6.00. The van der Waals surface area contributed by atoms with Gasteiger partial charge in [0.05, 0.1) is 39.4 Å². The van der Waals surface area contributed by atoms with Crippen LogP contribution in [0.3, 0.4) is 0 Å². The van der Waals surface area contributed by atoms with Crippen LogP contribution in [0.15, 0.2) is 59.8 Å². The Bertz CT molecular complexity index is 1330. The first kappa shape index (κ1) is 21.8. The van der Waals surface area contributed by atoms with E-state index in [4.69, 9.17) is 14.2 Å². The van der Waals surface area contributed by atoms with Crippen LogP contribution >= 0.6 is 0 Å². The third-order valence-electron chi connectivity index (χ3n) is 5.07. The van der Waals surface area contributed by atoms with E-state index in [1.54, 1.807) is 23.8 Å². The first-order valence-electron chi connectivity index (χ1n) is 10.1. The Morgan fingerprint density at radius 3 is 2.39 bits per heavy atom. The number of methoxy groups -OCH3 is 3. The number of hydrogen-bond acceptors (Lipinski definition) is 7. The van der Waals surface area contributed by atoms with E-state index in [2.05, 4.69) is 20.6 Å². The fraction of sp³-hybridized carbons (Fsp3) is 0.167. The molecule has 9 nitrogen and oxygen atoms in total. The third kappa shape index (κ3) is 4.33. The van der Waals surface area contributed by atoms with Crippen molar-refractivity contribution in [2.45, 2.75) is 6.92 Å². The van der Waals surface area contributed by atoms with E-state index in [0.717, 1.165) is 17.0 Å². The second-order valence-electron chi connectivity index (χ2n) is 7.09. The van der Waals surface area contributed by atoms with Crippen LogP contribution in [-0.4, -0.2) is 48.0 Å². The van der Waals surface area contributed by atoms with Crippen molar-refractivity contribution in [3.8, 4) is 28.5 Å². The number of rotatable bonds is 7. The van der Waals surface area contributed by atoms with Crippen molar-refractivity contribution in [2.75, 3.05) is 21.3 Å². The number of aryl methyl sites for hydroxylation is 1. The van der Waals surface area contributed by atoms with Crippen molar-refractivity contribution in [3.05, 3.63) is 71.5 Å². The van der Waals surface area contributed by atoms with Crippen LogP contribution in [0.4, 0.5) is 0 Å². The molecule has 0 unspecified atom stereocenters. The fourth-order valence-corrected chi connectivity index (χ4v) is 3.40. The number of nitrogens with zero attached hydrogens (tertiary/aromatic N) is 4. The van der Waals surface area contributed by atoms with Gasteiger partial charge in [-0.05, 0) is 19.1 Å². The molecule has 0 saturated carbocycles. The van der Waals surface area contributed by atoms with Crippen LogP contribution in [0, 0.1) is 6.92 Å². The SMILES string of the molecule is COc1cc(OC)c(OC)cc1C=NNC(=O)c1cnn2c(C)cc(-c3ccccc3)nc12. The standard InChI is InChI=1S/C24H23N5O4/c1-15-10-19(16-8-6-5-7-9-16)27-23-18(14-26-29(15)23)24(30)28-25-13-17-11-21(32-3)22(33-4)12-20(17)31-2/h5-14H,1-4H3,(H,28,30). The van der Waals surface area contributed by atoms with E-state index < -0.39 is 5.91 Å². The summed E-state index contributed by atoms with van der Waals surface area (Å²) in [6.45, 7) is 1.91. The van der Waals surface area contributed by atoms with E-state index in [-0.39, 0.29) is 0 Å². The molecule has 9 heteroatoms. The Balaban J connectivity index is 1.61. The van der Waals surface area contributed by atoms with Crippen molar-refractivity contribution < 1.29 is 19.0 Å². The average Bonchev–Trinajstić information content (AvgIpc) is 3.29. The normalized spacial score (nSPS) is 11.0. The summed E-state index contributed by atoms with van der Waals surface area (Å²) in [7, 11) is 4.62. The Kier molecular flexibility index (Phi) is 6.21. The number of ether oxygens (including phenoxy) is 3. The molecular weight excluding hydrogens is 422 g/mol. The molecule has 0 atom stereocenters. The molecule has 2 aromatic carbocycles. The molecule has 33 heavy (non-hydrogen) atoms. The number of hydrogen-bond donors (Lipinski definition) is 1. The van der Waals surface area contributed by atoms with Gasteiger partial charge in [0.2, 0.25) is 0 Å². The van der Waals surface area contributed by atoms with Gasteiger partial charge < -0.3 is 14.2 Å². The molecule has 168 valence electrons. The summed E-state index contributed by atoms with van der Waals surface area (Å²) in [5.74, 6) is 1.13. The molecule has 0 spiro atoms. The molecule has 0 bridgehead atoms. The van der Waals surface area contributed by atoms with E-state index in [0.29, 0.717) is 34.0 Å². The molecule has 2 aromatic heterocycles. The van der Waals surface area contributed by atoms with Gasteiger partial charge in [-0.15, -0.1) is 0 Å². The van der Waals surface area contributed by atoms with Gasteiger partial charge >= 0.3 is 0 Å². The molecule has 0 aliphatic heterocycles. The number of nitrogens with one attached hydrogen (secondary N) is 1. The van der Waals surface area contributed by atoms with Gasteiger partial charge in [0.25, 0.3) is 5.91 Å². The van der Waals surface area contributed by atoms with E-state index in [9.17, 15) is 4.79 Å². The van der Waals surface area contributed by atoms with Gasteiger partial charge in [-0.1, -0.05) is 30.3 Å². The largest absolute Gasteiger partial charge is 0.496 e. The summed E-state index contributed by atoms with van der Waals surface area (Å²) >= 11 is 0. The van der Waals surface area contributed by atoms with Gasteiger partial charge in [-0.25, -0.2) is 14.9 Å². The lowest BCUT2D eigenvalue weighted by Gasteiger charge is -2.11. The van der Waals surface area contributed by atoms with Crippen LogP contribution in [-0.2, 0) is 0 Å². The predicted octanol–water partition coefficient (Wildman–Crippen LogP) is 3.49. The maximum Gasteiger partial charge on any atom is 0.276 e. The van der Waals surface area contributed by atoms with Crippen LogP contribution in [0.1, 0.15) is 21.6 Å². The maximum absolute atomic E-state index is 12.9. The summed E-state index contributed by atoms with van der Waals surface area (Å²) in [6.07, 6.45) is 2.95. The Morgan fingerprint density at radius 2 is 1.70 bits per heavy atom. The summed E-state index contributed by atoms with van der Waals surface area (Å²) in [4.78, 5) is 17.5. The van der Waals surface area contributed by atoms with Gasteiger partial charge in [-0.3, -0.25) is 4.79 Å². The predicted molar refractivity (Wildman–Crippen MR) is 124 cm³/mol. The molecule has 0 saturated heterocycles. The zero-order valence-electron chi connectivity index (χ0n) is 18.7. The number of amides is 1. The number of fused-ring (bicyclic) bond motifs is 1. The minimum absolute atomic E-state index is 0.312. The molecule has 1 amide bonds. The van der Waals surface area contributed by atoms with Crippen molar-refractivity contribution in [2.24, 2.45) is 5.10 Å². The number of carbonyl (C=O) groups excluding carboxylic acids is 1. The quantitative estimate of drug-likeness (QED) is 0.345. The van der Waals surface area contributed by atoms with Gasteiger partial charge in [0, 0.05) is 22.9 Å². The summed E-state index contributed by atoms with van der Waals surface area (Å²) in [5.41, 5.74) is 6.47. The van der Waals surface area contributed by atoms with Crippen molar-refractivity contribution >= 4 is 17.8 Å². The monoisotopic (exact) mass is 445 g/mol. The lowest BCUT2D eigenvalue weighted by atomic mass is 10.1. The van der Waals surface area contributed by atoms with Crippen molar-refractivity contribution in [1.82, 2.24) is 20.0 Å². The highest BCUT2D eigenvalue weighted by Gasteiger charge is 2.16. The smallest absolute Gasteiger partial charge is 0.276 e. The molecule has 4 aromatic rings. The highest BCUT2D eigenvalue weighted by Crippen LogP contribution is 2.33. The van der Waals surface area contributed by atoms with Crippen LogP contribution in [0.2, 0.25) is 0 Å². The van der Waals surface area contributed by atoms with Crippen molar-refractivity contribution in [1.29, 1.82) is 0 Å². The molecule has 0 aliphatic rings. The fourth-order valence-electron chi connectivity index (χ4n) is 3.40. The summed E-state index contributed by atoms with van der Waals surface area (Å²) < 4.78 is 17.6. The highest BCUT2D eigenvalue weighted by atomic mass is 16.5. The van der Waals surface area contributed by atoms with Crippen molar-refractivity contribution in [3.63, 3.8) is 0 Å². The summed E-state index contributed by atoms with van der Waals surface area (Å²) in [6, 6.07) is 15.1. The lowest BCUT2D eigenvalue weighted by molar-refractivity contribution is 0.0956. The number of carbonyl (C=O) groups is 1. The molecule has 0 aliphatic carbocycles. The summed E-state index contributed by atoms with van der Waals surface area (Å²) in [5, 5.41) is 8.38. The topological polar surface area (TPSA) is 99.3 Å². The first-order chi connectivity index (χ1) is 16.0. The van der Waals surface area contributed by atoms with Gasteiger partial charge in [0.15, 0.2) is 17.1 Å². The Labute approximate surface area is 190 Å². The minimum Gasteiger partial charge on any atom is -0.496 e. The van der Waals surface area contributed by atoms with Crippen LogP contribution < -0.4 is 19.6 Å². The van der Waals surface area contributed by atoms with E-state index in [1.165, 1.54) is 26.6 Å². The molecule has 2 heterocycles. The molecular formula is C24H23N5O4. The molecule has 4 rings (SSSR count). The van der Waals surface area contributed by atoms with E-state index in [1.807, 2.05) is 43.3 Å². The number of aromatic nitrogens is 3. The van der Waals surface area contributed by atoms with Gasteiger partial charge in [-0.2, -0.15) is 10.2 Å². The Hall–Kier alpha value is -4.40. The molecule has 0 radical (unpaired) electrons. The van der Waals surface area contributed by atoms with Gasteiger partial charge in [0.1, 0.15) is 11.3 Å². The van der Waals surface area contributed by atoms with Crippen LogP contribution in [0.25, 0.3) is 16.9 Å². The Morgan fingerprint density at radius 1 is 1.00 bits per heavy atom. The van der Waals surface area contributed by atoms with Crippen LogP contribution in [0.5, 0.6) is 17.2 Å².